The van der Waals surface area contributed by atoms with Gasteiger partial charge in [0.1, 0.15) is 6.33 Å². The quantitative estimate of drug-likeness (QED) is 0.727. The number of urea groups is 1. The minimum Gasteiger partial charge on any atom is -0.452 e. The zero-order chi connectivity index (χ0) is 18.7. The van der Waals surface area contributed by atoms with E-state index in [9.17, 15) is 14.4 Å². The lowest BCUT2D eigenvalue weighted by Crippen LogP contribution is -2.45. The van der Waals surface area contributed by atoms with Gasteiger partial charge in [-0.3, -0.25) is 14.9 Å². The fourth-order valence-electron chi connectivity index (χ4n) is 2.42. The van der Waals surface area contributed by atoms with E-state index < -0.39 is 24.0 Å². The number of aromatic nitrogens is 4. The number of esters is 1. The standard InChI is InChI=1S/C15H20N6O4/c1-7(2)12(13(23)20-14(16)24)25-11(22)5-10-8(3)19-15-17-6-18-21(15)9(10)4/h6-7,12H,5H2,1-4H3,(H3,16,20,23,24)/t12-/m0/s1. The van der Waals surface area contributed by atoms with Crippen LogP contribution in [0.4, 0.5) is 4.79 Å². The average Bonchev–Trinajstić information content (AvgIpc) is 2.96. The van der Waals surface area contributed by atoms with Crippen molar-refractivity contribution < 1.29 is 19.1 Å². The van der Waals surface area contributed by atoms with Crippen molar-refractivity contribution in [2.24, 2.45) is 11.7 Å². The van der Waals surface area contributed by atoms with Crippen LogP contribution in [0.3, 0.4) is 0 Å². The Labute approximate surface area is 143 Å². The number of imide groups is 1. The van der Waals surface area contributed by atoms with E-state index in [1.54, 1.807) is 27.7 Å². The van der Waals surface area contributed by atoms with Crippen molar-refractivity contribution in [3.8, 4) is 0 Å². The van der Waals surface area contributed by atoms with Gasteiger partial charge in [0.05, 0.1) is 6.42 Å². The molecular weight excluding hydrogens is 328 g/mol. The molecule has 0 radical (unpaired) electrons. The number of nitrogens with two attached hydrogens (primary N) is 1. The highest BCUT2D eigenvalue weighted by atomic mass is 16.5. The van der Waals surface area contributed by atoms with Crippen molar-refractivity contribution in [2.45, 2.75) is 40.2 Å². The third kappa shape index (κ3) is 4.08. The number of aryl methyl sites for hydroxylation is 2. The second-order valence-corrected chi connectivity index (χ2v) is 5.92. The Balaban J connectivity index is 2.18. The van der Waals surface area contributed by atoms with E-state index in [4.69, 9.17) is 10.5 Å². The van der Waals surface area contributed by atoms with Gasteiger partial charge in [-0.15, -0.1) is 0 Å². The Kier molecular flexibility index (Phi) is 5.30. The first-order chi connectivity index (χ1) is 11.7. The minimum atomic E-state index is -1.12. The van der Waals surface area contributed by atoms with Crippen molar-refractivity contribution in [3.63, 3.8) is 0 Å². The molecule has 3 N–H and O–H groups in total. The fourth-order valence-corrected chi connectivity index (χ4v) is 2.42. The number of carbonyl (C=O) groups excluding carboxylic acids is 3. The predicted molar refractivity (Wildman–Crippen MR) is 86.4 cm³/mol. The zero-order valence-corrected chi connectivity index (χ0v) is 14.4. The number of amides is 3. The summed E-state index contributed by atoms with van der Waals surface area (Å²) in [5.41, 5.74) is 6.90. The fraction of sp³-hybridized carbons (Fsp3) is 0.467. The van der Waals surface area contributed by atoms with Gasteiger partial charge in [-0.2, -0.15) is 10.1 Å². The topological polar surface area (TPSA) is 142 Å². The lowest BCUT2D eigenvalue weighted by molar-refractivity contribution is -0.157. The maximum Gasteiger partial charge on any atom is 0.318 e. The molecule has 2 aromatic heterocycles. The van der Waals surface area contributed by atoms with Gasteiger partial charge in [-0.1, -0.05) is 13.8 Å². The van der Waals surface area contributed by atoms with Gasteiger partial charge in [0.25, 0.3) is 11.7 Å². The molecule has 2 rings (SSSR count). The van der Waals surface area contributed by atoms with Crippen LogP contribution >= 0.6 is 0 Å². The van der Waals surface area contributed by atoms with Gasteiger partial charge in [-0.05, 0) is 19.8 Å². The number of hydrogen-bond acceptors (Lipinski definition) is 7. The maximum absolute atomic E-state index is 12.3. The highest BCUT2D eigenvalue weighted by Crippen LogP contribution is 2.15. The van der Waals surface area contributed by atoms with Crippen LogP contribution in [0.2, 0.25) is 0 Å². The molecule has 0 saturated heterocycles. The van der Waals surface area contributed by atoms with Gasteiger partial charge in [0.2, 0.25) is 0 Å². The highest BCUT2D eigenvalue weighted by molar-refractivity contribution is 5.96. The normalized spacial score (nSPS) is 12.2. The first-order valence-electron chi connectivity index (χ1n) is 7.66. The molecule has 0 aliphatic heterocycles. The largest absolute Gasteiger partial charge is 0.452 e. The molecule has 0 aromatic carbocycles. The van der Waals surface area contributed by atoms with E-state index >= 15 is 0 Å². The number of carbonyl (C=O) groups is 3. The molecule has 10 heteroatoms. The Bertz CT molecular complexity index is 829. The Morgan fingerprint density at radius 2 is 2.00 bits per heavy atom. The van der Waals surface area contributed by atoms with Crippen LogP contribution in [0.25, 0.3) is 5.78 Å². The number of nitrogens with one attached hydrogen (secondary N) is 1. The lowest BCUT2D eigenvalue weighted by atomic mass is 10.1. The van der Waals surface area contributed by atoms with Crippen molar-refractivity contribution in [3.05, 3.63) is 23.3 Å². The second kappa shape index (κ2) is 7.24. The Morgan fingerprint density at radius 3 is 2.60 bits per heavy atom. The summed E-state index contributed by atoms with van der Waals surface area (Å²) in [5, 5.41) is 5.98. The van der Waals surface area contributed by atoms with Crippen molar-refractivity contribution in [2.75, 3.05) is 0 Å². The van der Waals surface area contributed by atoms with E-state index in [0.29, 0.717) is 22.7 Å². The zero-order valence-electron chi connectivity index (χ0n) is 14.4. The number of hydrogen-bond donors (Lipinski definition) is 2. The minimum absolute atomic E-state index is 0.0897. The van der Waals surface area contributed by atoms with Gasteiger partial charge in [-0.25, -0.2) is 14.3 Å². The molecule has 134 valence electrons. The predicted octanol–water partition coefficient (Wildman–Crippen LogP) is 0.0463. The van der Waals surface area contributed by atoms with E-state index in [1.165, 1.54) is 10.8 Å². The molecule has 0 unspecified atom stereocenters. The number of nitrogens with zero attached hydrogens (tertiary/aromatic N) is 4. The van der Waals surface area contributed by atoms with Gasteiger partial charge >= 0.3 is 12.0 Å². The summed E-state index contributed by atoms with van der Waals surface area (Å²) in [6.45, 7) is 6.93. The second-order valence-electron chi connectivity index (χ2n) is 5.92. The number of rotatable bonds is 5. The summed E-state index contributed by atoms with van der Waals surface area (Å²) >= 11 is 0. The molecule has 10 nitrogen and oxygen atoms in total. The van der Waals surface area contributed by atoms with E-state index in [0.717, 1.165) is 0 Å². The number of ether oxygens (including phenoxy) is 1. The summed E-state index contributed by atoms with van der Waals surface area (Å²) in [6.07, 6.45) is 0.163. The number of primary amides is 1. The van der Waals surface area contributed by atoms with E-state index in [-0.39, 0.29) is 12.3 Å². The SMILES string of the molecule is Cc1nc2ncnn2c(C)c1CC(=O)O[C@H](C(=O)NC(N)=O)C(C)C. The van der Waals surface area contributed by atoms with Crippen molar-refractivity contribution in [1.82, 2.24) is 24.9 Å². The molecule has 0 spiro atoms. The molecule has 0 aliphatic carbocycles. The Morgan fingerprint density at radius 1 is 1.32 bits per heavy atom. The summed E-state index contributed by atoms with van der Waals surface area (Å²) < 4.78 is 6.77. The van der Waals surface area contributed by atoms with Crippen LogP contribution in [0.5, 0.6) is 0 Å². The molecule has 3 amide bonds. The molecule has 2 aromatic rings. The number of fused-ring (bicyclic) bond motifs is 1. The molecule has 0 saturated carbocycles. The maximum atomic E-state index is 12.3. The summed E-state index contributed by atoms with van der Waals surface area (Å²) in [6, 6.07) is -1.00. The van der Waals surface area contributed by atoms with Gasteiger partial charge in [0, 0.05) is 17.0 Å². The van der Waals surface area contributed by atoms with Crippen LogP contribution in [0.1, 0.15) is 30.8 Å². The molecule has 0 bridgehead atoms. The van der Waals surface area contributed by atoms with Gasteiger partial charge in [0.15, 0.2) is 6.10 Å². The van der Waals surface area contributed by atoms with Crippen LogP contribution in [-0.2, 0) is 20.7 Å². The summed E-state index contributed by atoms with van der Waals surface area (Å²) in [7, 11) is 0. The molecule has 0 fully saturated rings. The third-order valence-electron chi connectivity index (χ3n) is 3.68. The molecule has 1 atom stereocenters. The molecule has 0 aliphatic rings. The van der Waals surface area contributed by atoms with Crippen LogP contribution in [-0.4, -0.2) is 43.6 Å². The summed E-state index contributed by atoms with van der Waals surface area (Å²) in [5.74, 6) is -1.27. The lowest BCUT2D eigenvalue weighted by Gasteiger charge is -2.20. The first-order valence-corrected chi connectivity index (χ1v) is 7.66. The van der Waals surface area contributed by atoms with Crippen LogP contribution < -0.4 is 11.1 Å². The van der Waals surface area contributed by atoms with Crippen LogP contribution in [0, 0.1) is 19.8 Å². The molecule has 2 heterocycles. The summed E-state index contributed by atoms with van der Waals surface area (Å²) in [4.78, 5) is 43.4. The third-order valence-corrected chi connectivity index (χ3v) is 3.68. The average molecular weight is 348 g/mol. The smallest absolute Gasteiger partial charge is 0.318 e. The van der Waals surface area contributed by atoms with Gasteiger partial charge < -0.3 is 10.5 Å². The van der Waals surface area contributed by atoms with E-state index in [2.05, 4.69) is 15.1 Å². The monoisotopic (exact) mass is 348 g/mol. The first kappa shape index (κ1) is 18.3. The molecular formula is C15H20N6O4. The van der Waals surface area contributed by atoms with Crippen molar-refractivity contribution in [1.29, 1.82) is 0 Å². The molecule has 25 heavy (non-hydrogen) atoms. The van der Waals surface area contributed by atoms with E-state index in [1.807, 2.05) is 5.32 Å². The Hall–Kier alpha value is -3.04. The highest BCUT2D eigenvalue weighted by Gasteiger charge is 2.28. The van der Waals surface area contributed by atoms with Crippen LogP contribution in [0.15, 0.2) is 6.33 Å². The van der Waals surface area contributed by atoms with Crippen molar-refractivity contribution >= 4 is 23.7 Å².